The number of carbonyl (C=O) groups is 2. The molecule has 2 amide bonds. The van der Waals surface area contributed by atoms with Crippen LogP contribution in [0.5, 0.6) is 0 Å². The van der Waals surface area contributed by atoms with Gasteiger partial charge in [0.05, 0.1) is 32.3 Å². The second-order valence-corrected chi connectivity index (χ2v) is 9.64. The summed E-state index contributed by atoms with van der Waals surface area (Å²) in [7, 11) is 0. The highest BCUT2D eigenvalue weighted by atomic mass is 35.5. The van der Waals surface area contributed by atoms with Crippen LogP contribution in [0.2, 0.25) is 0 Å². The fourth-order valence-electron chi connectivity index (χ4n) is 5.10. The van der Waals surface area contributed by atoms with Crippen molar-refractivity contribution in [2.45, 2.75) is 0 Å². The summed E-state index contributed by atoms with van der Waals surface area (Å²) < 4.78 is 1.09. The molecule has 0 aliphatic carbocycles. The van der Waals surface area contributed by atoms with Crippen LogP contribution >= 0.6 is 0 Å². The van der Waals surface area contributed by atoms with Gasteiger partial charge in [0.2, 0.25) is 0 Å². The molecule has 3 fully saturated rings. The number of carbonyl (C=O) groups excluding carboxylic acids is 2. The zero-order chi connectivity index (χ0) is 27.5. The summed E-state index contributed by atoms with van der Waals surface area (Å²) in [6, 6.07) is 11.2. The van der Waals surface area contributed by atoms with E-state index in [1.165, 1.54) is 24.3 Å². The Morgan fingerprint density at radius 1 is 0.725 bits per heavy atom. The SMILES string of the molecule is N#Cc1cc([N+](=O)[O-])ccc1NC(=O)C[N+]12CC[N+](CC(=O)Nc3ccc([N+](=O)[O-])cc3C#N)(CC1)CC2.[Cl-].[Cl-]. The van der Waals surface area contributed by atoms with E-state index in [2.05, 4.69) is 10.6 Å². The number of benzene rings is 2. The molecule has 2 aromatic carbocycles. The number of rotatable bonds is 8. The first-order valence-electron chi connectivity index (χ1n) is 11.7. The summed E-state index contributed by atoms with van der Waals surface area (Å²) in [5.74, 6) is -0.589. The number of nitro benzene ring substituents is 2. The minimum absolute atomic E-state index is 0. The van der Waals surface area contributed by atoms with Gasteiger partial charge in [0.15, 0.2) is 13.1 Å². The highest BCUT2D eigenvalue weighted by molar-refractivity contribution is 5.94. The molecule has 0 unspecified atom stereocenters. The molecule has 2 bridgehead atoms. The molecule has 0 atom stereocenters. The van der Waals surface area contributed by atoms with Gasteiger partial charge in [0.1, 0.15) is 51.4 Å². The Morgan fingerprint density at radius 2 is 1.05 bits per heavy atom. The molecule has 16 heteroatoms. The number of nitrogens with one attached hydrogen (secondary N) is 2. The van der Waals surface area contributed by atoms with Gasteiger partial charge in [-0.15, -0.1) is 0 Å². The Labute approximate surface area is 241 Å². The topological polar surface area (TPSA) is 192 Å². The number of anilines is 2. The zero-order valence-corrected chi connectivity index (χ0v) is 22.5. The number of quaternary nitrogens is 2. The van der Waals surface area contributed by atoms with Crippen LogP contribution < -0.4 is 35.4 Å². The molecule has 14 nitrogen and oxygen atoms in total. The maximum Gasteiger partial charge on any atom is 0.279 e. The summed E-state index contributed by atoms with van der Waals surface area (Å²) in [4.78, 5) is 46.3. The number of halogens is 2. The molecule has 0 saturated carbocycles. The number of fused-ring (bicyclic) bond motifs is 3. The Balaban J connectivity index is 0.00000280. The molecule has 0 spiro atoms. The Bertz CT molecular complexity index is 1310. The van der Waals surface area contributed by atoms with E-state index in [4.69, 9.17) is 0 Å². The van der Waals surface area contributed by atoms with E-state index < -0.39 is 9.85 Å². The highest BCUT2D eigenvalue weighted by Gasteiger charge is 2.50. The molecule has 5 rings (SSSR count). The van der Waals surface area contributed by atoms with E-state index >= 15 is 0 Å². The van der Waals surface area contributed by atoms with E-state index in [0.717, 1.165) is 12.1 Å². The van der Waals surface area contributed by atoms with Gasteiger partial charge in [-0.25, -0.2) is 0 Å². The van der Waals surface area contributed by atoms with E-state index in [1.807, 2.05) is 12.1 Å². The summed E-state index contributed by atoms with van der Waals surface area (Å²) in [5.41, 5.74) is 0.00605. The predicted octanol–water partition coefficient (Wildman–Crippen LogP) is -4.51. The van der Waals surface area contributed by atoms with Gasteiger partial charge in [0, 0.05) is 24.3 Å². The van der Waals surface area contributed by atoms with E-state index in [1.54, 1.807) is 0 Å². The van der Waals surface area contributed by atoms with Gasteiger partial charge in [-0.05, 0) is 12.1 Å². The fourth-order valence-corrected chi connectivity index (χ4v) is 5.10. The maximum atomic E-state index is 12.8. The molecular formula is C24H24Cl2N8O6. The molecule has 2 aromatic rings. The molecule has 3 aliphatic rings. The maximum absolute atomic E-state index is 12.8. The highest BCUT2D eigenvalue weighted by Crippen LogP contribution is 2.28. The lowest BCUT2D eigenvalue weighted by Crippen LogP contribution is -3.00. The summed E-state index contributed by atoms with van der Waals surface area (Å²) >= 11 is 0. The van der Waals surface area contributed by atoms with Crippen LogP contribution in [0.25, 0.3) is 0 Å². The molecule has 2 N–H and O–H groups in total. The van der Waals surface area contributed by atoms with Crippen LogP contribution in [0.15, 0.2) is 36.4 Å². The average Bonchev–Trinajstić information content (AvgIpc) is 2.89. The van der Waals surface area contributed by atoms with Crippen molar-refractivity contribution in [1.82, 2.24) is 0 Å². The summed E-state index contributed by atoms with van der Waals surface area (Å²) in [6.45, 7) is 4.41. The first-order valence-corrected chi connectivity index (χ1v) is 11.7. The number of nitriles is 2. The van der Waals surface area contributed by atoms with Crippen LogP contribution in [0, 0.1) is 42.9 Å². The standard InChI is InChI=1S/C24H22N8O6.2ClH/c25-13-17-11-19(29(35)36)1-3-21(17)27-23(33)15-31-5-8-32(9-6-31,10-7-31)16-24(34)28-22-4-2-20(30(37)38)12-18(22)14-26;;/h1-4,11-12H,5-10,15-16H2;2*1H. The van der Waals surface area contributed by atoms with Gasteiger partial charge in [-0.3, -0.25) is 29.8 Å². The van der Waals surface area contributed by atoms with Gasteiger partial charge < -0.3 is 44.4 Å². The van der Waals surface area contributed by atoms with Crippen LogP contribution in [-0.4, -0.2) is 83.0 Å². The Morgan fingerprint density at radius 3 is 1.32 bits per heavy atom. The number of nitro groups is 2. The third-order valence-electron chi connectivity index (χ3n) is 7.32. The van der Waals surface area contributed by atoms with Crippen molar-refractivity contribution in [3.05, 3.63) is 67.8 Å². The van der Waals surface area contributed by atoms with Gasteiger partial charge >= 0.3 is 0 Å². The monoisotopic (exact) mass is 590 g/mol. The number of hydrogen-bond acceptors (Lipinski definition) is 8. The van der Waals surface area contributed by atoms with Crippen molar-refractivity contribution in [2.75, 3.05) is 63.0 Å². The Kier molecular flexibility index (Phi) is 10.1. The van der Waals surface area contributed by atoms with Crippen LogP contribution in [0.1, 0.15) is 11.1 Å². The summed E-state index contributed by atoms with van der Waals surface area (Å²) in [6.07, 6.45) is 0. The fraction of sp³-hybridized carbons (Fsp3) is 0.333. The molecular weight excluding hydrogens is 567 g/mol. The van der Waals surface area contributed by atoms with Crippen molar-refractivity contribution in [3.8, 4) is 12.1 Å². The van der Waals surface area contributed by atoms with Crippen molar-refractivity contribution in [3.63, 3.8) is 0 Å². The molecule has 0 radical (unpaired) electrons. The van der Waals surface area contributed by atoms with Gasteiger partial charge in [-0.1, -0.05) is 0 Å². The van der Waals surface area contributed by atoms with Crippen molar-refractivity contribution in [2.24, 2.45) is 0 Å². The molecule has 3 saturated heterocycles. The minimum Gasteiger partial charge on any atom is -1.00 e. The van der Waals surface area contributed by atoms with Gasteiger partial charge in [-0.2, -0.15) is 10.5 Å². The first kappa shape index (κ1) is 31.9. The quantitative estimate of drug-likeness (QED) is 0.174. The van der Waals surface area contributed by atoms with Crippen molar-refractivity contribution in [1.29, 1.82) is 10.5 Å². The predicted molar refractivity (Wildman–Crippen MR) is 132 cm³/mol. The number of hydrogen-bond donors (Lipinski definition) is 2. The number of nitrogens with zero attached hydrogens (tertiary/aromatic N) is 6. The van der Waals surface area contributed by atoms with E-state index in [9.17, 15) is 40.3 Å². The van der Waals surface area contributed by atoms with Crippen LogP contribution in [0.3, 0.4) is 0 Å². The third kappa shape index (κ3) is 6.80. The van der Waals surface area contributed by atoms with Crippen LogP contribution in [0.4, 0.5) is 22.7 Å². The average molecular weight is 591 g/mol. The normalized spacial score (nSPS) is 20.4. The lowest BCUT2D eigenvalue weighted by molar-refractivity contribution is -1.07. The molecule has 40 heavy (non-hydrogen) atoms. The Hall–Kier alpha value is -4.34. The summed E-state index contributed by atoms with van der Waals surface area (Å²) in [5, 5.41) is 45.9. The van der Waals surface area contributed by atoms with Crippen molar-refractivity contribution >= 4 is 34.6 Å². The van der Waals surface area contributed by atoms with Crippen molar-refractivity contribution < 1.29 is 53.2 Å². The van der Waals surface area contributed by atoms with E-state index in [-0.39, 0.29) is 83.6 Å². The number of non-ortho nitro benzene ring substituents is 2. The molecule has 3 aliphatic heterocycles. The molecule has 3 heterocycles. The molecule has 0 aromatic heterocycles. The van der Waals surface area contributed by atoms with Crippen LogP contribution in [-0.2, 0) is 9.59 Å². The number of piperazine rings is 3. The minimum atomic E-state index is -0.606. The molecule has 210 valence electrons. The van der Waals surface area contributed by atoms with Gasteiger partial charge in [0.25, 0.3) is 23.2 Å². The second-order valence-electron chi connectivity index (χ2n) is 9.64. The number of amides is 2. The lowest BCUT2D eigenvalue weighted by atomic mass is 10.1. The smallest absolute Gasteiger partial charge is 0.279 e. The zero-order valence-electron chi connectivity index (χ0n) is 21.0. The largest absolute Gasteiger partial charge is 1.00 e. The lowest BCUT2D eigenvalue weighted by Gasteiger charge is -2.54. The van der Waals surface area contributed by atoms with E-state index in [0.29, 0.717) is 48.2 Å². The first-order chi connectivity index (χ1) is 18.1. The second kappa shape index (κ2) is 12.7. The third-order valence-corrected chi connectivity index (χ3v) is 7.32.